The highest BCUT2D eigenvalue weighted by molar-refractivity contribution is 7.90. The average Bonchev–Trinajstić information content (AvgIpc) is 3.54. The summed E-state index contributed by atoms with van der Waals surface area (Å²) in [7, 11) is -7.56. The van der Waals surface area contributed by atoms with Gasteiger partial charge in [0.2, 0.25) is 10.0 Å². The van der Waals surface area contributed by atoms with Crippen molar-refractivity contribution in [3.8, 4) is 0 Å². The molecule has 1 saturated carbocycles. The number of anilines is 2. The second-order valence-electron chi connectivity index (χ2n) is 8.31. The summed E-state index contributed by atoms with van der Waals surface area (Å²) in [5.41, 5.74) is 2.54. The Kier molecular flexibility index (Phi) is 6.49. The number of nitrogens with zero attached hydrogens (tertiary/aromatic N) is 3. The van der Waals surface area contributed by atoms with E-state index in [1.165, 1.54) is 4.31 Å². The number of benzene rings is 1. The van der Waals surface area contributed by atoms with E-state index in [1.54, 1.807) is 0 Å². The summed E-state index contributed by atoms with van der Waals surface area (Å²) in [6.45, 7) is 4.23. The molecule has 0 radical (unpaired) electrons. The zero-order valence-electron chi connectivity index (χ0n) is 18.4. The fourth-order valence-corrected chi connectivity index (χ4v) is 6.63. The molecule has 1 saturated heterocycles. The number of carbonyl (C=O) groups excluding carboxylic acids is 1. The fraction of sp³-hybridized carbons (Fsp3) is 0.500. The van der Waals surface area contributed by atoms with Gasteiger partial charge in [-0.3, -0.25) is 4.79 Å². The molecule has 0 bridgehead atoms. The van der Waals surface area contributed by atoms with Gasteiger partial charge in [-0.25, -0.2) is 17.4 Å². The monoisotopic (exact) mass is 497 g/mol. The lowest BCUT2D eigenvalue weighted by atomic mass is 10.1. The quantitative estimate of drug-likeness (QED) is 0.586. The van der Waals surface area contributed by atoms with Gasteiger partial charge in [0, 0.05) is 31.9 Å². The van der Waals surface area contributed by atoms with Gasteiger partial charge in [-0.2, -0.15) is 17.7 Å². The van der Waals surface area contributed by atoms with Crippen molar-refractivity contribution in [1.29, 1.82) is 0 Å². The number of hydrogen-bond acceptors (Lipinski definition) is 8. The lowest BCUT2D eigenvalue weighted by molar-refractivity contribution is 0.0974. The Bertz CT molecular complexity index is 1250. The summed E-state index contributed by atoms with van der Waals surface area (Å²) >= 11 is 0. The summed E-state index contributed by atoms with van der Waals surface area (Å²) in [6.07, 6.45) is 2.71. The Morgan fingerprint density at radius 2 is 1.76 bits per heavy atom. The number of nitrogens with one attached hydrogen (secondary N) is 2. The van der Waals surface area contributed by atoms with Crippen LogP contribution in [0, 0.1) is 13.8 Å². The first-order valence-corrected chi connectivity index (χ1v) is 13.6. The molecule has 0 atom stereocenters. The van der Waals surface area contributed by atoms with E-state index < -0.39 is 26.1 Å². The van der Waals surface area contributed by atoms with Crippen molar-refractivity contribution in [2.24, 2.45) is 0 Å². The van der Waals surface area contributed by atoms with Gasteiger partial charge in [-0.1, -0.05) is 12.1 Å². The maximum atomic E-state index is 12.8. The molecule has 2 fully saturated rings. The van der Waals surface area contributed by atoms with Crippen LogP contribution in [0.3, 0.4) is 0 Å². The zero-order valence-corrected chi connectivity index (χ0v) is 20.1. The molecule has 1 aromatic heterocycles. The van der Waals surface area contributed by atoms with Gasteiger partial charge in [-0.15, -0.1) is 0 Å². The first-order chi connectivity index (χ1) is 15.6. The first-order valence-electron chi connectivity index (χ1n) is 10.7. The molecule has 11 nitrogen and oxygen atoms in total. The van der Waals surface area contributed by atoms with Gasteiger partial charge in [-0.05, 0) is 50.3 Å². The van der Waals surface area contributed by atoms with Crippen LogP contribution in [0.2, 0.25) is 0 Å². The smallest absolute Gasteiger partial charge is 0.304 e. The highest BCUT2D eigenvalue weighted by Gasteiger charge is 2.41. The van der Waals surface area contributed by atoms with Crippen LogP contribution in [-0.4, -0.2) is 67.8 Å². The number of sulfonamides is 1. The molecule has 1 amide bonds. The molecule has 2 aliphatic rings. The number of amides is 1. The molecule has 4 rings (SSSR count). The van der Waals surface area contributed by atoms with Crippen LogP contribution in [0.1, 0.15) is 40.9 Å². The minimum atomic E-state index is -4.18. The Hall–Kier alpha value is -2.48. The van der Waals surface area contributed by atoms with Gasteiger partial charge in [0.1, 0.15) is 6.26 Å². The molecular formula is C20H27N5O6S2. The van der Waals surface area contributed by atoms with Gasteiger partial charge < -0.3 is 9.73 Å². The third-order valence-corrected chi connectivity index (χ3v) is 9.54. The van der Waals surface area contributed by atoms with E-state index in [0.717, 1.165) is 27.4 Å². The molecule has 0 spiro atoms. The Balaban J connectivity index is 1.39. The van der Waals surface area contributed by atoms with Crippen molar-refractivity contribution >= 4 is 37.8 Å². The number of aryl methyl sites for hydroxylation is 2. The largest absolute Gasteiger partial charge is 0.431 e. The maximum absolute atomic E-state index is 12.8. The van der Waals surface area contributed by atoms with Crippen LogP contribution in [-0.2, 0) is 20.2 Å². The number of rotatable bonds is 7. The number of aromatic nitrogens is 1. The fourth-order valence-electron chi connectivity index (χ4n) is 3.60. The van der Waals surface area contributed by atoms with Crippen LogP contribution in [0.4, 0.5) is 11.7 Å². The Labute approximate surface area is 193 Å². The van der Waals surface area contributed by atoms with Crippen LogP contribution < -0.4 is 10.0 Å². The molecule has 180 valence electrons. The van der Waals surface area contributed by atoms with Gasteiger partial charge in [0.25, 0.3) is 11.9 Å². The van der Waals surface area contributed by atoms with Crippen molar-refractivity contribution in [3.05, 3.63) is 41.3 Å². The predicted molar refractivity (Wildman–Crippen MR) is 122 cm³/mol. The van der Waals surface area contributed by atoms with E-state index in [1.807, 2.05) is 36.8 Å². The van der Waals surface area contributed by atoms with E-state index in [-0.39, 0.29) is 43.1 Å². The lowest BCUT2D eigenvalue weighted by Crippen LogP contribution is -2.45. The summed E-state index contributed by atoms with van der Waals surface area (Å²) in [5.74, 6) is -0.931. The first kappa shape index (κ1) is 23.7. The van der Waals surface area contributed by atoms with Gasteiger partial charge in [0.05, 0.1) is 5.25 Å². The van der Waals surface area contributed by atoms with Crippen molar-refractivity contribution in [1.82, 2.24) is 18.3 Å². The van der Waals surface area contributed by atoms with Crippen LogP contribution in [0.15, 0.2) is 28.9 Å². The van der Waals surface area contributed by atoms with Crippen LogP contribution in [0.25, 0.3) is 0 Å². The van der Waals surface area contributed by atoms with Crippen LogP contribution in [0.5, 0.6) is 0 Å². The molecule has 2 N–H and O–H groups in total. The normalized spacial score (nSPS) is 18.6. The molecule has 0 unspecified atom stereocenters. The van der Waals surface area contributed by atoms with E-state index in [0.29, 0.717) is 19.3 Å². The molecule has 1 aliphatic heterocycles. The van der Waals surface area contributed by atoms with Crippen molar-refractivity contribution in [2.45, 2.75) is 38.4 Å². The maximum Gasteiger partial charge on any atom is 0.304 e. The number of oxazole rings is 1. The van der Waals surface area contributed by atoms with E-state index in [2.05, 4.69) is 10.3 Å². The number of carbonyl (C=O) groups is 1. The molecule has 1 aromatic carbocycles. The lowest BCUT2D eigenvalue weighted by Gasteiger charge is -2.21. The summed E-state index contributed by atoms with van der Waals surface area (Å²) < 4.78 is 60.1. The Morgan fingerprint density at radius 1 is 1.06 bits per heavy atom. The molecule has 13 heteroatoms. The van der Waals surface area contributed by atoms with Crippen molar-refractivity contribution in [2.75, 3.05) is 31.5 Å². The molecule has 33 heavy (non-hydrogen) atoms. The molecular weight excluding hydrogens is 470 g/mol. The third-order valence-electron chi connectivity index (χ3n) is 5.65. The third kappa shape index (κ3) is 5.37. The predicted octanol–water partition coefficient (Wildman–Crippen LogP) is 1.51. The van der Waals surface area contributed by atoms with E-state index in [9.17, 15) is 21.6 Å². The van der Waals surface area contributed by atoms with Crippen molar-refractivity contribution in [3.63, 3.8) is 0 Å². The van der Waals surface area contributed by atoms with E-state index in [4.69, 9.17) is 4.42 Å². The Morgan fingerprint density at radius 3 is 2.48 bits per heavy atom. The van der Waals surface area contributed by atoms with E-state index >= 15 is 0 Å². The highest BCUT2D eigenvalue weighted by Crippen LogP contribution is 2.31. The highest BCUT2D eigenvalue weighted by atomic mass is 32.2. The minimum absolute atomic E-state index is 0.0349. The summed E-state index contributed by atoms with van der Waals surface area (Å²) in [5, 5.41) is 2.63. The molecule has 1 aliphatic carbocycles. The van der Waals surface area contributed by atoms with Crippen molar-refractivity contribution < 1.29 is 26.0 Å². The summed E-state index contributed by atoms with van der Waals surface area (Å²) in [6, 6.07) is 5.85. The number of hydrogen-bond donors (Lipinski definition) is 2. The van der Waals surface area contributed by atoms with Gasteiger partial charge in [0.15, 0.2) is 5.69 Å². The molecule has 2 heterocycles. The summed E-state index contributed by atoms with van der Waals surface area (Å²) in [4.78, 5) is 16.6. The standard InChI is InChI=1S/C20H27N5O6S2/c1-14-4-5-15(2)17(12-14)21-20-22-18(13-31-20)19(26)23-33(29,30)25-9-3-8-24(10-11-25)32(27,28)16-6-7-16/h4-5,12-13,16H,3,6-11H2,1-2H3,(H,21,22)(H,23,26). The molecule has 2 aromatic rings. The van der Waals surface area contributed by atoms with Crippen LogP contribution >= 0.6 is 0 Å². The van der Waals surface area contributed by atoms with Gasteiger partial charge >= 0.3 is 10.2 Å². The topological polar surface area (TPSA) is 142 Å². The second kappa shape index (κ2) is 9.05. The SMILES string of the molecule is Cc1ccc(C)c(Nc2nc(C(=O)NS(=O)(=O)N3CCCN(S(=O)(=O)C4CC4)CC3)co2)c1. The zero-order chi connectivity index (χ0) is 23.8. The minimum Gasteiger partial charge on any atom is -0.431 e. The average molecular weight is 498 g/mol. The second-order valence-corrected chi connectivity index (χ2v) is 12.2.